The molecule has 3 heterocycles. The number of thiophene rings is 1. The molecule has 0 aliphatic rings. The van der Waals surface area contributed by atoms with Crippen LogP contribution in [0.5, 0.6) is 0 Å². The van der Waals surface area contributed by atoms with Gasteiger partial charge in [-0.25, -0.2) is 9.50 Å². The molecule has 0 unspecified atom stereocenters. The molecule has 2 N–H and O–H groups in total. The zero-order chi connectivity index (χ0) is 15.3. The van der Waals surface area contributed by atoms with Crippen LogP contribution in [0.1, 0.15) is 11.1 Å². The van der Waals surface area contributed by atoms with Crippen molar-refractivity contribution >= 4 is 32.9 Å². The molecule has 1 aromatic carbocycles. The zero-order valence-corrected chi connectivity index (χ0v) is 12.6. The van der Waals surface area contributed by atoms with Crippen molar-refractivity contribution in [2.24, 2.45) is 0 Å². The first kappa shape index (κ1) is 12.8. The molecule has 0 fully saturated rings. The first-order chi connectivity index (χ1) is 10.7. The topological polar surface area (TPSA) is 80.0 Å². The predicted molar refractivity (Wildman–Crippen MR) is 87.7 cm³/mol. The minimum Gasteiger partial charge on any atom is -0.381 e. The largest absolute Gasteiger partial charge is 0.381 e. The van der Waals surface area contributed by atoms with Crippen molar-refractivity contribution in [3.8, 4) is 17.2 Å². The number of hydrogen-bond donors (Lipinski definition) is 1. The Balaban J connectivity index is 2.03. The van der Waals surface area contributed by atoms with Crippen LogP contribution in [-0.2, 0) is 0 Å². The Hall–Kier alpha value is -2.91. The summed E-state index contributed by atoms with van der Waals surface area (Å²) in [5, 5.41) is 16.6. The highest BCUT2D eigenvalue weighted by atomic mass is 32.1. The molecule has 0 aliphatic heterocycles. The van der Waals surface area contributed by atoms with E-state index in [1.54, 1.807) is 22.0 Å². The first-order valence-corrected chi connectivity index (χ1v) is 7.58. The number of nitrogens with zero attached hydrogens (tertiary/aromatic N) is 4. The normalized spacial score (nSPS) is 11.1. The summed E-state index contributed by atoms with van der Waals surface area (Å²) in [7, 11) is 0. The van der Waals surface area contributed by atoms with Crippen molar-refractivity contribution in [3.63, 3.8) is 0 Å². The monoisotopic (exact) mass is 305 g/mol. The molecular formula is C16H11N5S. The van der Waals surface area contributed by atoms with Gasteiger partial charge in [0.1, 0.15) is 11.6 Å². The van der Waals surface area contributed by atoms with Crippen LogP contribution in [0.2, 0.25) is 0 Å². The van der Waals surface area contributed by atoms with E-state index in [-0.39, 0.29) is 5.82 Å². The Morgan fingerprint density at radius 3 is 3.00 bits per heavy atom. The van der Waals surface area contributed by atoms with Gasteiger partial charge in [0.15, 0.2) is 11.5 Å². The maximum absolute atomic E-state index is 9.13. The summed E-state index contributed by atoms with van der Waals surface area (Å²) in [6.45, 7) is 2.08. The molecule has 0 aliphatic carbocycles. The van der Waals surface area contributed by atoms with Crippen LogP contribution in [0.4, 0.5) is 5.82 Å². The highest BCUT2D eigenvalue weighted by Gasteiger charge is 2.14. The number of fused-ring (bicyclic) bond motifs is 2. The van der Waals surface area contributed by atoms with E-state index in [0.29, 0.717) is 11.2 Å². The van der Waals surface area contributed by atoms with Gasteiger partial charge < -0.3 is 5.73 Å². The summed E-state index contributed by atoms with van der Waals surface area (Å²) in [5.41, 5.74) is 9.86. The molecule has 0 radical (unpaired) electrons. The molecule has 0 saturated heterocycles. The highest BCUT2D eigenvalue weighted by molar-refractivity contribution is 7.17. The molecule has 4 rings (SSSR count). The summed E-state index contributed by atoms with van der Waals surface area (Å²) in [6.07, 6.45) is 3.65. The van der Waals surface area contributed by atoms with Gasteiger partial charge in [0.25, 0.3) is 0 Å². The predicted octanol–water partition coefficient (Wildman–Crippen LogP) is 3.37. The highest BCUT2D eigenvalue weighted by Crippen LogP contribution is 2.35. The Kier molecular flexibility index (Phi) is 2.65. The third-order valence-corrected chi connectivity index (χ3v) is 4.68. The van der Waals surface area contributed by atoms with E-state index in [2.05, 4.69) is 40.6 Å². The Morgan fingerprint density at radius 1 is 1.32 bits per heavy atom. The number of nitrogens with two attached hydrogens (primary N) is 1. The van der Waals surface area contributed by atoms with Gasteiger partial charge in [-0.05, 0) is 29.3 Å². The lowest BCUT2D eigenvalue weighted by molar-refractivity contribution is 0.947. The van der Waals surface area contributed by atoms with Crippen molar-refractivity contribution in [1.82, 2.24) is 14.6 Å². The van der Waals surface area contributed by atoms with E-state index in [9.17, 15) is 0 Å². The summed E-state index contributed by atoms with van der Waals surface area (Å²) < 4.78 is 2.80. The molecule has 0 saturated carbocycles. The molecule has 0 spiro atoms. The second-order valence-electron chi connectivity index (χ2n) is 5.08. The van der Waals surface area contributed by atoms with Crippen LogP contribution >= 0.6 is 11.3 Å². The molecule has 6 heteroatoms. The second kappa shape index (κ2) is 4.55. The Bertz CT molecular complexity index is 1070. The van der Waals surface area contributed by atoms with Crippen LogP contribution in [0.25, 0.3) is 26.9 Å². The third-order valence-electron chi connectivity index (χ3n) is 3.73. The van der Waals surface area contributed by atoms with Crippen molar-refractivity contribution in [1.29, 1.82) is 5.26 Å². The molecule has 3 aromatic heterocycles. The molecule has 0 amide bonds. The average molecular weight is 305 g/mol. The summed E-state index contributed by atoms with van der Waals surface area (Å²) in [5.74, 6) is 0.207. The number of nitrogen functional groups attached to an aromatic ring is 1. The van der Waals surface area contributed by atoms with Crippen molar-refractivity contribution in [3.05, 3.63) is 47.1 Å². The molecule has 0 atom stereocenters. The van der Waals surface area contributed by atoms with Gasteiger partial charge in [0, 0.05) is 28.2 Å². The summed E-state index contributed by atoms with van der Waals surface area (Å²) in [6, 6.07) is 8.38. The lowest BCUT2D eigenvalue weighted by Crippen LogP contribution is -1.94. The summed E-state index contributed by atoms with van der Waals surface area (Å²) >= 11 is 1.71. The fraction of sp³-hybridized carbons (Fsp3) is 0.0625. The SMILES string of the molecule is Cc1ccc2ccsc2c1-c1cnc2c(C#N)c(N)nn2c1. The van der Waals surface area contributed by atoms with E-state index in [0.717, 1.165) is 11.1 Å². The van der Waals surface area contributed by atoms with Gasteiger partial charge >= 0.3 is 0 Å². The van der Waals surface area contributed by atoms with Crippen LogP contribution in [0, 0.1) is 18.3 Å². The Morgan fingerprint density at radius 2 is 2.18 bits per heavy atom. The number of anilines is 1. The van der Waals surface area contributed by atoms with E-state index in [1.807, 2.05) is 12.3 Å². The van der Waals surface area contributed by atoms with E-state index < -0.39 is 0 Å². The lowest BCUT2D eigenvalue weighted by atomic mass is 10.0. The fourth-order valence-corrected chi connectivity index (χ4v) is 3.70. The van der Waals surface area contributed by atoms with Gasteiger partial charge in [0.05, 0.1) is 0 Å². The standard InChI is InChI=1S/C16H11N5S/c1-9-2-3-10-4-5-22-14(10)13(9)11-7-19-16-12(6-17)15(18)20-21(16)8-11/h2-5,7-8H,1H3,(H2,18,20). The van der Waals surface area contributed by atoms with Gasteiger partial charge in [0.2, 0.25) is 0 Å². The van der Waals surface area contributed by atoms with Crippen LogP contribution in [-0.4, -0.2) is 14.6 Å². The summed E-state index contributed by atoms with van der Waals surface area (Å²) in [4.78, 5) is 4.38. The number of hydrogen-bond acceptors (Lipinski definition) is 5. The maximum Gasteiger partial charge on any atom is 0.175 e. The van der Waals surface area contributed by atoms with E-state index >= 15 is 0 Å². The van der Waals surface area contributed by atoms with E-state index in [1.165, 1.54) is 15.6 Å². The minimum absolute atomic E-state index is 0.207. The maximum atomic E-state index is 9.13. The van der Waals surface area contributed by atoms with Crippen LogP contribution in [0.15, 0.2) is 36.0 Å². The van der Waals surface area contributed by atoms with Gasteiger partial charge in [-0.3, -0.25) is 0 Å². The zero-order valence-electron chi connectivity index (χ0n) is 11.7. The van der Waals surface area contributed by atoms with E-state index in [4.69, 9.17) is 11.0 Å². The molecule has 4 aromatic rings. The Labute approximate surface area is 130 Å². The van der Waals surface area contributed by atoms with Gasteiger partial charge in [-0.2, -0.15) is 5.26 Å². The molecule has 106 valence electrons. The van der Waals surface area contributed by atoms with Crippen LogP contribution < -0.4 is 5.73 Å². The van der Waals surface area contributed by atoms with Crippen molar-refractivity contribution in [2.75, 3.05) is 5.73 Å². The second-order valence-corrected chi connectivity index (χ2v) is 6.00. The van der Waals surface area contributed by atoms with Gasteiger partial charge in [-0.1, -0.05) is 12.1 Å². The molecule has 5 nitrogen and oxygen atoms in total. The van der Waals surface area contributed by atoms with Crippen molar-refractivity contribution < 1.29 is 0 Å². The minimum atomic E-state index is 0.207. The number of aromatic nitrogens is 3. The third kappa shape index (κ3) is 1.70. The molecular weight excluding hydrogens is 294 g/mol. The molecule has 0 bridgehead atoms. The first-order valence-electron chi connectivity index (χ1n) is 6.70. The lowest BCUT2D eigenvalue weighted by Gasteiger charge is -2.08. The number of aryl methyl sites for hydroxylation is 1. The number of benzene rings is 1. The quantitative estimate of drug-likeness (QED) is 0.584. The molecule has 22 heavy (non-hydrogen) atoms. The number of rotatable bonds is 1. The van der Waals surface area contributed by atoms with Gasteiger partial charge in [-0.15, -0.1) is 16.4 Å². The van der Waals surface area contributed by atoms with Crippen LogP contribution in [0.3, 0.4) is 0 Å². The number of nitriles is 1. The smallest absolute Gasteiger partial charge is 0.175 e. The van der Waals surface area contributed by atoms with Crippen molar-refractivity contribution in [2.45, 2.75) is 6.92 Å². The fourth-order valence-electron chi connectivity index (χ4n) is 2.68. The average Bonchev–Trinajstić information content (AvgIpc) is 3.09.